The van der Waals surface area contributed by atoms with Crippen LogP contribution < -0.4 is 10.2 Å². The molecule has 29 heavy (non-hydrogen) atoms. The molecule has 3 heterocycles. The first-order chi connectivity index (χ1) is 13.6. The zero-order valence-electron chi connectivity index (χ0n) is 15.6. The number of alkyl halides is 3. The maximum absolute atomic E-state index is 13.3. The summed E-state index contributed by atoms with van der Waals surface area (Å²) in [6.45, 7) is 2.65. The highest BCUT2D eigenvalue weighted by Crippen LogP contribution is 2.47. The standard InChI is InChI=1S/C19H20F3N3O3S/c1-11-7-17-18(24-9-11)25(13-3-2-6-23-10-15(13)26)14-5-4-12(19(20,21)22)8-16(14)29(17,27)28/h4-5,7-9,13,15,23,26H,2-3,6,10H2,1H3/t13?,15-/m0/s1. The fourth-order valence-electron chi connectivity index (χ4n) is 3.90. The second kappa shape index (κ2) is 6.96. The molecule has 156 valence electrons. The summed E-state index contributed by atoms with van der Waals surface area (Å²) in [5, 5.41) is 13.8. The second-order valence-corrected chi connectivity index (χ2v) is 9.26. The minimum Gasteiger partial charge on any atom is -0.390 e. The number of aliphatic hydroxyl groups excluding tert-OH is 1. The second-order valence-electron chi connectivity index (χ2n) is 7.37. The maximum atomic E-state index is 13.3. The van der Waals surface area contributed by atoms with E-state index in [9.17, 15) is 26.7 Å². The van der Waals surface area contributed by atoms with Crippen LogP contribution in [0, 0.1) is 6.92 Å². The van der Waals surface area contributed by atoms with E-state index in [0.717, 1.165) is 18.6 Å². The van der Waals surface area contributed by atoms with Gasteiger partial charge in [0.05, 0.1) is 28.3 Å². The van der Waals surface area contributed by atoms with Crippen molar-refractivity contribution in [3.63, 3.8) is 0 Å². The van der Waals surface area contributed by atoms with E-state index in [0.29, 0.717) is 31.1 Å². The molecular formula is C19H20F3N3O3S. The average Bonchev–Trinajstić information content (AvgIpc) is 2.86. The molecule has 1 unspecified atom stereocenters. The summed E-state index contributed by atoms with van der Waals surface area (Å²) >= 11 is 0. The van der Waals surface area contributed by atoms with Crippen LogP contribution in [0.25, 0.3) is 0 Å². The quantitative estimate of drug-likeness (QED) is 0.729. The summed E-state index contributed by atoms with van der Waals surface area (Å²) < 4.78 is 66.2. The number of hydrogen-bond acceptors (Lipinski definition) is 6. The molecule has 2 aliphatic heterocycles. The molecule has 2 aromatic rings. The van der Waals surface area contributed by atoms with Crippen LogP contribution in [-0.4, -0.2) is 43.7 Å². The maximum Gasteiger partial charge on any atom is 0.416 e. The molecule has 6 nitrogen and oxygen atoms in total. The third-order valence-corrected chi connectivity index (χ3v) is 7.09. The van der Waals surface area contributed by atoms with Crippen LogP contribution >= 0.6 is 0 Å². The lowest BCUT2D eigenvalue weighted by Crippen LogP contribution is -2.46. The van der Waals surface area contributed by atoms with Crippen molar-refractivity contribution in [3.8, 4) is 0 Å². The smallest absolute Gasteiger partial charge is 0.390 e. The van der Waals surface area contributed by atoms with Crippen LogP contribution in [0.4, 0.5) is 24.7 Å². The molecule has 0 bridgehead atoms. The van der Waals surface area contributed by atoms with Gasteiger partial charge in [-0.1, -0.05) is 0 Å². The van der Waals surface area contributed by atoms with Crippen LogP contribution in [0.2, 0.25) is 0 Å². The number of anilines is 2. The van der Waals surface area contributed by atoms with Gasteiger partial charge >= 0.3 is 6.18 Å². The topological polar surface area (TPSA) is 82.5 Å². The zero-order chi connectivity index (χ0) is 21.0. The molecule has 2 aliphatic rings. The van der Waals surface area contributed by atoms with Crippen molar-refractivity contribution in [1.29, 1.82) is 0 Å². The Labute approximate surface area is 166 Å². The molecule has 0 aliphatic carbocycles. The Bertz CT molecular complexity index is 1060. The predicted octanol–water partition coefficient (Wildman–Crippen LogP) is 2.81. The first-order valence-electron chi connectivity index (χ1n) is 9.21. The molecule has 1 aromatic heterocycles. The van der Waals surface area contributed by atoms with Crippen LogP contribution in [0.1, 0.15) is 24.0 Å². The van der Waals surface area contributed by atoms with Crippen molar-refractivity contribution in [2.45, 2.75) is 47.9 Å². The number of rotatable bonds is 1. The van der Waals surface area contributed by atoms with Crippen LogP contribution in [0.5, 0.6) is 0 Å². The number of nitrogens with zero attached hydrogens (tertiary/aromatic N) is 2. The van der Waals surface area contributed by atoms with Gasteiger partial charge in [0.25, 0.3) is 0 Å². The Kier molecular flexibility index (Phi) is 4.83. The van der Waals surface area contributed by atoms with Gasteiger partial charge in [0.15, 0.2) is 5.82 Å². The van der Waals surface area contributed by atoms with Gasteiger partial charge in [-0.25, -0.2) is 13.4 Å². The van der Waals surface area contributed by atoms with E-state index in [1.807, 2.05) is 0 Å². The number of pyridine rings is 1. The van der Waals surface area contributed by atoms with Crippen molar-refractivity contribution in [3.05, 3.63) is 41.6 Å². The first kappa shape index (κ1) is 20.1. The number of halogens is 3. The fourth-order valence-corrected chi connectivity index (χ4v) is 5.60. The summed E-state index contributed by atoms with van der Waals surface area (Å²) in [4.78, 5) is 5.32. The Morgan fingerprint density at radius 1 is 1.24 bits per heavy atom. The molecule has 0 spiro atoms. The van der Waals surface area contributed by atoms with E-state index in [4.69, 9.17) is 0 Å². The number of aliphatic hydroxyl groups is 1. The number of β-amino-alcohol motifs (C(OH)–C–C–N with tert-alkyl or cyclic N) is 1. The van der Waals surface area contributed by atoms with Crippen molar-refractivity contribution < 1.29 is 26.7 Å². The van der Waals surface area contributed by atoms with Gasteiger partial charge < -0.3 is 15.3 Å². The normalized spacial score (nSPS) is 23.8. The van der Waals surface area contributed by atoms with E-state index in [-0.39, 0.29) is 16.4 Å². The lowest BCUT2D eigenvalue weighted by atomic mass is 10.0. The third-order valence-electron chi connectivity index (χ3n) is 5.31. The van der Waals surface area contributed by atoms with E-state index in [2.05, 4.69) is 10.3 Å². The number of aryl methyl sites for hydroxylation is 1. The Morgan fingerprint density at radius 3 is 2.72 bits per heavy atom. The molecule has 0 radical (unpaired) electrons. The SMILES string of the molecule is Cc1cnc2c(c1)S(=O)(=O)c1cc(C(F)(F)F)ccc1N2C1CCCNC[C@@H]1O. The Hall–Kier alpha value is -2.17. The van der Waals surface area contributed by atoms with Crippen LogP contribution in [0.15, 0.2) is 40.3 Å². The average molecular weight is 427 g/mol. The highest BCUT2D eigenvalue weighted by Gasteiger charge is 2.42. The third kappa shape index (κ3) is 3.38. The van der Waals surface area contributed by atoms with Gasteiger partial charge in [-0.15, -0.1) is 0 Å². The number of sulfone groups is 1. The minimum absolute atomic E-state index is 0.104. The Balaban J connectivity index is 1.98. The van der Waals surface area contributed by atoms with Crippen molar-refractivity contribution >= 4 is 21.3 Å². The highest BCUT2D eigenvalue weighted by molar-refractivity contribution is 7.92. The summed E-state index contributed by atoms with van der Waals surface area (Å²) in [6, 6.07) is 3.58. The summed E-state index contributed by atoms with van der Waals surface area (Å²) in [5.74, 6) is 0.133. The van der Waals surface area contributed by atoms with E-state index < -0.39 is 38.6 Å². The largest absolute Gasteiger partial charge is 0.416 e. The molecular weight excluding hydrogens is 407 g/mol. The van der Waals surface area contributed by atoms with E-state index in [1.165, 1.54) is 12.3 Å². The lowest BCUT2D eigenvalue weighted by molar-refractivity contribution is -0.137. The number of nitrogens with one attached hydrogen (secondary N) is 1. The highest BCUT2D eigenvalue weighted by atomic mass is 32.2. The van der Waals surface area contributed by atoms with Gasteiger partial charge in [0.1, 0.15) is 4.90 Å². The van der Waals surface area contributed by atoms with Gasteiger partial charge in [-0.05, 0) is 56.1 Å². The van der Waals surface area contributed by atoms with Crippen LogP contribution in [-0.2, 0) is 16.0 Å². The number of fused-ring (bicyclic) bond motifs is 2. The van der Waals surface area contributed by atoms with Gasteiger partial charge in [-0.2, -0.15) is 13.2 Å². The van der Waals surface area contributed by atoms with Crippen molar-refractivity contribution in [2.24, 2.45) is 0 Å². The summed E-state index contributed by atoms with van der Waals surface area (Å²) in [7, 11) is -4.21. The predicted molar refractivity (Wildman–Crippen MR) is 99.9 cm³/mol. The van der Waals surface area contributed by atoms with Crippen LogP contribution in [0.3, 0.4) is 0 Å². The summed E-state index contributed by atoms with van der Waals surface area (Å²) in [5.41, 5.74) is -0.356. The summed E-state index contributed by atoms with van der Waals surface area (Å²) in [6.07, 6.45) is -2.75. The molecule has 2 atom stereocenters. The molecule has 10 heteroatoms. The first-order valence-corrected chi connectivity index (χ1v) is 10.7. The van der Waals surface area contributed by atoms with Gasteiger partial charge in [-0.3, -0.25) is 0 Å². The van der Waals surface area contributed by atoms with Gasteiger partial charge in [0, 0.05) is 12.7 Å². The van der Waals surface area contributed by atoms with Crippen molar-refractivity contribution in [2.75, 3.05) is 18.0 Å². The fraction of sp³-hybridized carbons (Fsp3) is 0.421. The molecule has 0 saturated carbocycles. The molecule has 2 N–H and O–H groups in total. The molecule has 0 amide bonds. The number of aromatic nitrogens is 1. The van der Waals surface area contributed by atoms with Crippen molar-refractivity contribution in [1.82, 2.24) is 10.3 Å². The number of hydrogen-bond donors (Lipinski definition) is 2. The van der Waals surface area contributed by atoms with E-state index >= 15 is 0 Å². The van der Waals surface area contributed by atoms with E-state index in [1.54, 1.807) is 11.8 Å². The molecule has 1 fully saturated rings. The molecule has 4 rings (SSSR count). The Morgan fingerprint density at radius 2 is 2.00 bits per heavy atom. The molecule has 1 aromatic carbocycles. The van der Waals surface area contributed by atoms with Gasteiger partial charge in [0.2, 0.25) is 9.84 Å². The minimum atomic E-state index is -4.67. The monoisotopic (exact) mass is 427 g/mol. The lowest BCUT2D eigenvalue weighted by Gasteiger charge is -2.39. The zero-order valence-corrected chi connectivity index (χ0v) is 16.4. The number of benzene rings is 1. The molecule has 1 saturated heterocycles.